The van der Waals surface area contributed by atoms with Gasteiger partial charge in [0.05, 0.1) is 17.8 Å². The van der Waals surface area contributed by atoms with E-state index >= 15 is 0 Å². The first-order valence-corrected chi connectivity index (χ1v) is 14.9. The van der Waals surface area contributed by atoms with Crippen molar-refractivity contribution in [2.75, 3.05) is 13.1 Å². The van der Waals surface area contributed by atoms with E-state index in [9.17, 15) is 22.8 Å². The summed E-state index contributed by atoms with van der Waals surface area (Å²) in [5.41, 5.74) is 3.39. The maximum absolute atomic E-state index is 13.9. The van der Waals surface area contributed by atoms with Gasteiger partial charge in [0.1, 0.15) is 24.2 Å². The largest absolute Gasteiger partial charge is 0.457 e. The molecule has 0 bridgehead atoms. The number of hydrogen-bond donors (Lipinski definition) is 1. The first-order valence-electron chi connectivity index (χ1n) is 14.9. The zero-order chi connectivity index (χ0) is 32.1. The number of rotatable bonds is 11. The molecule has 0 spiro atoms. The van der Waals surface area contributed by atoms with E-state index in [4.69, 9.17) is 4.74 Å². The summed E-state index contributed by atoms with van der Waals surface area (Å²) < 4.78 is 49.1. The highest BCUT2D eigenvalue weighted by atomic mass is 19.4. The zero-order valence-electron chi connectivity index (χ0n) is 24.7. The highest BCUT2D eigenvalue weighted by Crippen LogP contribution is 2.45. The van der Waals surface area contributed by atoms with Crippen LogP contribution in [0, 0.1) is 0 Å². The standard InChI is InChI=1S/C36H31F3N4O3/c37-36(38,39)23-42(35(45)33-28-15-6-4-13-26(28)27-14-5-7-16-29(27)33)21-10-19-32(43-22-20-40-24-43)41-34(44)30-17-8-9-18-31(30)46-25-11-2-1-3-12-25/h1-9,11-18,20,22,24,32-33H,10,19,21,23H2,(H,41,44). The Morgan fingerprint density at radius 3 is 2.15 bits per heavy atom. The van der Waals surface area contributed by atoms with Crippen LogP contribution in [0.1, 0.15) is 46.4 Å². The van der Waals surface area contributed by atoms with E-state index in [0.29, 0.717) is 28.2 Å². The van der Waals surface area contributed by atoms with Crippen LogP contribution in [0.2, 0.25) is 0 Å². The first-order chi connectivity index (χ1) is 22.3. The van der Waals surface area contributed by atoms with E-state index in [1.54, 1.807) is 77.6 Å². The van der Waals surface area contributed by atoms with E-state index in [1.165, 1.54) is 6.33 Å². The van der Waals surface area contributed by atoms with Gasteiger partial charge in [-0.2, -0.15) is 13.2 Å². The predicted octanol–water partition coefficient (Wildman–Crippen LogP) is 7.59. The zero-order valence-corrected chi connectivity index (χ0v) is 24.7. The molecule has 5 aromatic rings. The summed E-state index contributed by atoms with van der Waals surface area (Å²) in [6.07, 6.45) is -0.0548. The Labute approximate surface area is 264 Å². The number of aromatic nitrogens is 2. The number of para-hydroxylation sites is 2. The molecule has 10 heteroatoms. The second-order valence-corrected chi connectivity index (χ2v) is 11.0. The summed E-state index contributed by atoms with van der Waals surface area (Å²) in [6.45, 7) is -1.53. The maximum atomic E-state index is 13.9. The number of carbonyl (C=O) groups excluding carboxylic acids is 2. The lowest BCUT2D eigenvalue weighted by molar-refractivity contribution is -0.161. The summed E-state index contributed by atoms with van der Waals surface area (Å²) in [6, 6.07) is 30.5. The molecule has 46 heavy (non-hydrogen) atoms. The van der Waals surface area contributed by atoms with Crippen LogP contribution < -0.4 is 10.1 Å². The van der Waals surface area contributed by atoms with Crippen LogP contribution in [0.25, 0.3) is 11.1 Å². The fourth-order valence-electron chi connectivity index (χ4n) is 5.90. The number of halogens is 3. The van der Waals surface area contributed by atoms with Gasteiger partial charge in [-0.25, -0.2) is 4.98 Å². The van der Waals surface area contributed by atoms with Crippen molar-refractivity contribution in [3.05, 3.63) is 139 Å². The number of fused-ring (bicyclic) bond motifs is 3. The van der Waals surface area contributed by atoms with Gasteiger partial charge < -0.3 is 19.5 Å². The van der Waals surface area contributed by atoms with Crippen LogP contribution in [0.4, 0.5) is 13.2 Å². The molecule has 0 saturated carbocycles. The van der Waals surface area contributed by atoms with Gasteiger partial charge in [0.25, 0.3) is 5.91 Å². The SMILES string of the molecule is O=C(NC(CCCN(CC(F)(F)F)C(=O)C1c2ccccc2-c2ccccc21)n1ccnc1)c1ccccc1Oc1ccccc1. The van der Waals surface area contributed by atoms with Gasteiger partial charge in [0.15, 0.2) is 0 Å². The number of ether oxygens (including phenoxy) is 1. The number of nitrogens with zero attached hydrogens (tertiary/aromatic N) is 3. The van der Waals surface area contributed by atoms with Crippen LogP contribution in [0.5, 0.6) is 11.5 Å². The average Bonchev–Trinajstić information content (AvgIpc) is 3.71. The molecule has 234 valence electrons. The highest BCUT2D eigenvalue weighted by Gasteiger charge is 2.40. The lowest BCUT2D eigenvalue weighted by Gasteiger charge is -2.28. The van der Waals surface area contributed by atoms with Gasteiger partial charge >= 0.3 is 6.18 Å². The van der Waals surface area contributed by atoms with Crippen LogP contribution in [0.3, 0.4) is 0 Å². The molecule has 4 aromatic carbocycles. The molecule has 0 aliphatic heterocycles. The second-order valence-electron chi connectivity index (χ2n) is 11.0. The van der Waals surface area contributed by atoms with Crippen LogP contribution in [-0.4, -0.2) is 45.5 Å². The van der Waals surface area contributed by atoms with Crippen LogP contribution >= 0.6 is 0 Å². The van der Waals surface area contributed by atoms with Gasteiger partial charge in [0, 0.05) is 18.9 Å². The third-order valence-corrected chi connectivity index (χ3v) is 7.95. The smallest absolute Gasteiger partial charge is 0.406 e. The molecule has 1 N–H and O–H groups in total. The van der Waals surface area contributed by atoms with E-state index in [0.717, 1.165) is 16.0 Å². The molecule has 0 fully saturated rings. The monoisotopic (exact) mass is 624 g/mol. The van der Waals surface area contributed by atoms with Gasteiger partial charge in [-0.05, 0) is 59.4 Å². The predicted molar refractivity (Wildman–Crippen MR) is 167 cm³/mol. The summed E-state index contributed by atoms with van der Waals surface area (Å²) in [4.78, 5) is 32.4. The minimum atomic E-state index is -4.59. The van der Waals surface area contributed by atoms with Crippen molar-refractivity contribution in [2.24, 2.45) is 0 Å². The average molecular weight is 625 g/mol. The van der Waals surface area contributed by atoms with E-state index in [2.05, 4.69) is 10.3 Å². The Kier molecular flexibility index (Phi) is 8.87. The summed E-state index contributed by atoms with van der Waals surface area (Å²) in [7, 11) is 0. The van der Waals surface area contributed by atoms with E-state index < -0.39 is 36.6 Å². The topological polar surface area (TPSA) is 76.5 Å². The normalized spacial score (nSPS) is 13.0. The molecule has 7 nitrogen and oxygen atoms in total. The van der Waals surface area contributed by atoms with Crippen molar-refractivity contribution in [1.29, 1.82) is 0 Å². The van der Waals surface area contributed by atoms with Crippen molar-refractivity contribution < 1.29 is 27.5 Å². The Morgan fingerprint density at radius 2 is 1.50 bits per heavy atom. The number of alkyl halides is 3. The second kappa shape index (κ2) is 13.3. The quantitative estimate of drug-likeness (QED) is 0.164. The van der Waals surface area contributed by atoms with Crippen molar-refractivity contribution >= 4 is 11.8 Å². The molecule has 1 heterocycles. The van der Waals surface area contributed by atoms with Crippen molar-refractivity contribution in [3.63, 3.8) is 0 Å². The lowest BCUT2D eigenvalue weighted by Crippen LogP contribution is -2.42. The Hall–Kier alpha value is -5.38. The summed E-state index contributed by atoms with van der Waals surface area (Å²) >= 11 is 0. The van der Waals surface area contributed by atoms with Crippen LogP contribution in [0.15, 0.2) is 122 Å². The summed E-state index contributed by atoms with van der Waals surface area (Å²) in [5.74, 6) is -0.942. The minimum absolute atomic E-state index is 0.159. The van der Waals surface area contributed by atoms with Crippen molar-refractivity contribution in [1.82, 2.24) is 19.8 Å². The lowest BCUT2D eigenvalue weighted by atomic mass is 9.95. The highest BCUT2D eigenvalue weighted by molar-refractivity contribution is 5.97. The third-order valence-electron chi connectivity index (χ3n) is 7.95. The van der Waals surface area contributed by atoms with Gasteiger partial charge in [-0.3, -0.25) is 9.59 Å². The molecule has 1 aliphatic rings. The van der Waals surface area contributed by atoms with Gasteiger partial charge in [-0.1, -0.05) is 78.9 Å². The molecule has 0 saturated heterocycles. The first kappa shape index (κ1) is 30.6. The molecular formula is C36H31F3N4O3. The molecule has 1 aliphatic carbocycles. The fourth-order valence-corrected chi connectivity index (χ4v) is 5.90. The summed E-state index contributed by atoms with van der Waals surface area (Å²) in [5, 5.41) is 2.97. The third kappa shape index (κ3) is 6.81. The molecule has 2 amide bonds. The van der Waals surface area contributed by atoms with E-state index in [1.807, 2.05) is 42.5 Å². The Balaban J connectivity index is 1.19. The van der Waals surface area contributed by atoms with Crippen molar-refractivity contribution in [3.8, 4) is 22.6 Å². The molecule has 1 aromatic heterocycles. The maximum Gasteiger partial charge on any atom is 0.406 e. The number of imidazole rings is 1. The number of hydrogen-bond acceptors (Lipinski definition) is 4. The number of amides is 2. The van der Waals surface area contributed by atoms with E-state index in [-0.39, 0.29) is 19.4 Å². The molecule has 1 unspecified atom stereocenters. The van der Waals surface area contributed by atoms with Crippen LogP contribution in [-0.2, 0) is 4.79 Å². The minimum Gasteiger partial charge on any atom is -0.457 e. The number of nitrogens with one attached hydrogen (secondary N) is 1. The Bertz CT molecular complexity index is 1760. The number of carbonyl (C=O) groups is 2. The molecular weight excluding hydrogens is 593 g/mol. The molecule has 1 atom stereocenters. The number of benzene rings is 4. The Morgan fingerprint density at radius 1 is 0.870 bits per heavy atom. The fraction of sp³-hybridized carbons (Fsp3) is 0.194. The molecule has 6 rings (SSSR count). The van der Waals surface area contributed by atoms with Gasteiger partial charge in [-0.15, -0.1) is 0 Å². The molecule has 0 radical (unpaired) electrons. The van der Waals surface area contributed by atoms with Crippen molar-refractivity contribution in [2.45, 2.75) is 31.1 Å². The van der Waals surface area contributed by atoms with Gasteiger partial charge in [0.2, 0.25) is 5.91 Å².